The molecule has 0 aliphatic heterocycles. The van der Waals surface area contributed by atoms with Gasteiger partial charge in [0.15, 0.2) is 11.6 Å². The average Bonchev–Trinajstić information content (AvgIpc) is 2.60. The van der Waals surface area contributed by atoms with Crippen molar-refractivity contribution in [3.63, 3.8) is 0 Å². The number of non-ortho nitro benzene ring substituents is 1. The lowest BCUT2D eigenvalue weighted by atomic mass is 10.2. The van der Waals surface area contributed by atoms with Crippen LogP contribution in [0.15, 0.2) is 36.7 Å². The minimum Gasteiger partial charge on any atom is -0.453 e. The number of nitro benzene ring substituents is 1. The van der Waals surface area contributed by atoms with E-state index in [1.807, 2.05) is 0 Å². The molecule has 0 atom stereocenters. The summed E-state index contributed by atoms with van der Waals surface area (Å²) in [5.74, 6) is 4.63. The van der Waals surface area contributed by atoms with Crippen molar-refractivity contribution < 1.29 is 23.6 Å². The van der Waals surface area contributed by atoms with Crippen LogP contribution in [0.2, 0.25) is 0 Å². The Morgan fingerprint density at radius 2 is 2.07 bits per heavy atom. The number of carbonyl (C=O) groups is 1. The highest BCUT2D eigenvalue weighted by Gasteiger charge is 2.15. The number of hydrogen-bond donors (Lipinski definition) is 1. The first-order valence-corrected chi connectivity index (χ1v) is 8.17. The van der Waals surface area contributed by atoms with Gasteiger partial charge in [-0.1, -0.05) is 11.8 Å². The molecule has 0 saturated carbocycles. The Hall–Kier alpha value is -3.67. The molecule has 1 aromatic heterocycles. The molecule has 0 bridgehead atoms. The Bertz CT molecular complexity index is 945. The molecule has 9 heteroatoms. The predicted molar refractivity (Wildman–Crippen MR) is 98.5 cm³/mol. The third kappa shape index (κ3) is 6.25. The zero-order chi connectivity index (χ0) is 20.7. The smallest absolute Gasteiger partial charge is 0.408 e. The highest BCUT2D eigenvalue weighted by atomic mass is 19.1. The van der Waals surface area contributed by atoms with Gasteiger partial charge in [0.2, 0.25) is 0 Å². The van der Waals surface area contributed by atoms with Gasteiger partial charge in [-0.05, 0) is 26.8 Å². The average molecular weight is 387 g/mol. The number of benzene rings is 1. The van der Waals surface area contributed by atoms with Crippen molar-refractivity contribution in [2.45, 2.75) is 26.4 Å². The number of rotatable bonds is 4. The van der Waals surface area contributed by atoms with Crippen LogP contribution in [0.1, 0.15) is 26.3 Å². The Labute approximate surface area is 160 Å². The van der Waals surface area contributed by atoms with Gasteiger partial charge < -0.3 is 14.8 Å². The maximum absolute atomic E-state index is 14.0. The van der Waals surface area contributed by atoms with Crippen LogP contribution >= 0.6 is 0 Å². The second kappa shape index (κ2) is 8.81. The van der Waals surface area contributed by atoms with E-state index in [1.165, 1.54) is 18.5 Å². The van der Waals surface area contributed by atoms with Gasteiger partial charge in [0.25, 0.3) is 5.69 Å². The summed E-state index contributed by atoms with van der Waals surface area (Å²) in [5.41, 5.74) is -0.643. The fourth-order valence-electron chi connectivity index (χ4n) is 1.94. The molecule has 2 rings (SSSR count). The third-order valence-corrected chi connectivity index (χ3v) is 3.07. The molecule has 1 aromatic carbocycles. The molecule has 1 heterocycles. The van der Waals surface area contributed by atoms with Crippen LogP contribution in [0.25, 0.3) is 0 Å². The highest BCUT2D eigenvalue weighted by Crippen LogP contribution is 2.28. The van der Waals surface area contributed by atoms with E-state index in [9.17, 15) is 19.3 Å². The molecule has 0 aliphatic rings. The van der Waals surface area contributed by atoms with E-state index in [-0.39, 0.29) is 23.7 Å². The van der Waals surface area contributed by atoms with Crippen molar-refractivity contribution in [3.8, 4) is 23.3 Å². The lowest BCUT2D eigenvalue weighted by Crippen LogP contribution is -2.32. The van der Waals surface area contributed by atoms with E-state index in [0.29, 0.717) is 5.56 Å². The van der Waals surface area contributed by atoms with Crippen LogP contribution in [0, 0.1) is 27.8 Å². The molecular formula is C19H18FN3O5. The van der Waals surface area contributed by atoms with E-state index in [0.717, 1.165) is 18.2 Å². The van der Waals surface area contributed by atoms with Gasteiger partial charge in [0.1, 0.15) is 11.4 Å². The Balaban J connectivity index is 2.08. The molecule has 0 aliphatic carbocycles. The number of amides is 1. The van der Waals surface area contributed by atoms with Gasteiger partial charge in [-0.25, -0.2) is 9.18 Å². The second-order valence-electron chi connectivity index (χ2n) is 6.50. The van der Waals surface area contributed by atoms with E-state index in [1.54, 1.807) is 20.8 Å². The molecule has 0 fully saturated rings. The van der Waals surface area contributed by atoms with Gasteiger partial charge in [-0.3, -0.25) is 15.1 Å². The van der Waals surface area contributed by atoms with Gasteiger partial charge in [0, 0.05) is 24.5 Å². The van der Waals surface area contributed by atoms with E-state index in [2.05, 4.69) is 22.1 Å². The SMILES string of the molecule is CC(C)(C)OC(=O)NCC#Cc1cnccc1Oc1ccc([N+](=O)[O-])cc1F. The number of alkyl carbamates (subject to hydrolysis) is 1. The predicted octanol–water partition coefficient (Wildman–Crippen LogP) is 3.80. The number of aromatic nitrogens is 1. The quantitative estimate of drug-likeness (QED) is 0.486. The normalized spacial score (nSPS) is 10.4. The van der Waals surface area contributed by atoms with Gasteiger partial charge in [-0.15, -0.1) is 0 Å². The minimum atomic E-state index is -0.878. The van der Waals surface area contributed by atoms with Gasteiger partial charge >= 0.3 is 6.09 Å². The molecule has 8 nitrogen and oxygen atoms in total. The fourth-order valence-corrected chi connectivity index (χ4v) is 1.94. The number of nitrogens with zero attached hydrogens (tertiary/aromatic N) is 2. The molecule has 28 heavy (non-hydrogen) atoms. The molecule has 2 aromatic rings. The molecule has 0 radical (unpaired) electrons. The van der Waals surface area contributed by atoms with Crippen LogP contribution in [-0.2, 0) is 4.74 Å². The highest BCUT2D eigenvalue weighted by molar-refractivity contribution is 5.68. The van der Waals surface area contributed by atoms with Crippen molar-refractivity contribution >= 4 is 11.8 Å². The number of nitrogens with one attached hydrogen (secondary N) is 1. The third-order valence-electron chi connectivity index (χ3n) is 3.07. The van der Waals surface area contributed by atoms with Crippen LogP contribution in [0.5, 0.6) is 11.5 Å². The maximum atomic E-state index is 14.0. The number of pyridine rings is 1. The zero-order valence-electron chi connectivity index (χ0n) is 15.5. The van der Waals surface area contributed by atoms with E-state index >= 15 is 0 Å². The van der Waals surface area contributed by atoms with E-state index in [4.69, 9.17) is 9.47 Å². The van der Waals surface area contributed by atoms with Gasteiger partial charge in [0.05, 0.1) is 23.1 Å². The summed E-state index contributed by atoms with van der Waals surface area (Å²) in [6.45, 7) is 5.26. The summed E-state index contributed by atoms with van der Waals surface area (Å²) in [4.78, 5) is 25.5. The second-order valence-corrected chi connectivity index (χ2v) is 6.50. The first-order valence-electron chi connectivity index (χ1n) is 8.17. The minimum absolute atomic E-state index is 0.0230. The summed E-state index contributed by atoms with van der Waals surface area (Å²) in [7, 11) is 0. The Morgan fingerprint density at radius 1 is 1.32 bits per heavy atom. The lowest BCUT2D eigenvalue weighted by molar-refractivity contribution is -0.385. The number of carbonyl (C=O) groups excluding carboxylic acids is 1. The van der Waals surface area contributed by atoms with Crippen LogP contribution in [-0.4, -0.2) is 28.1 Å². The van der Waals surface area contributed by atoms with Crippen molar-refractivity contribution in [1.82, 2.24) is 10.3 Å². The topological polar surface area (TPSA) is 104 Å². The fraction of sp³-hybridized carbons (Fsp3) is 0.263. The standard InChI is InChI=1S/C19H18FN3O5/c1-19(2,3)28-18(24)22-9-4-5-13-12-21-10-8-16(13)27-17-7-6-14(23(25)26)11-15(17)20/h6-8,10-12H,9H2,1-3H3,(H,22,24). The summed E-state index contributed by atoms with van der Waals surface area (Å²) in [6.07, 6.45) is 2.25. The number of nitro groups is 1. The maximum Gasteiger partial charge on any atom is 0.408 e. The molecular weight excluding hydrogens is 369 g/mol. The number of ether oxygens (including phenoxy) is 2. The van der Waals surface area contributed by atoms with Crippen molar-refractivity contribution in [3.05, 3.63) is 58.2 Å². The monoisotopic (exact) mass is 387 g/mol. The molecule has 0 unspecified atom stereocenters. The van der Waals surface area contributed by atoms with Crippen molar-refractivity contribution in [2.24, 2.45) is 0 Å². The summed E-state index contributed by atoms with van der Waals surface area (Å²) >= 11 is 0. The van der Waals surface area contributed by atoms with Crippen molar-refractivity contribution in [2.75, 3.05) is 6.54 Å². The van der Waals surface area contributed by atoms with Crippen molar-refractivity contribution in [1.29, 1.82) is 0 Å². The summed E-state index contributed by atoms with van der Waals surface area (Å²) in [5, 5.41) is 13.2. The lowest BCUT2D eigenvalue weighted by Gasteiger charge is -2.19. The van der Waals surface area contributed by atoms with Crippen LogP contribution < -0.4 is 10.1 Å². The number of halogens is 1. The Morgan fingerprint density at radius 3 is 2.71 bits per heavy atom. The van der Waals surface area contributed by atoms with E-state index < -0.39 is 22.4 Å². The molecule has 1 amide bonds. The first kappa shape index (κ1) is 20.6. The zero-order valence-corrected chi connectivity index (χ0v) is 15.5. The van der Waals surface area contributed by atoms with Crippen LogP contribution in [0.3, 0.4) is 0 Å². The molecule has 0 saturated heterocycles. The summed E-state index contributed by atoms with van der Waals surface area (Å²) in [6, 6.07) is 4.55. The number of hydrogen-bond acceptors (Lipinski definition) is 6. The van der Waals surface area contributed by atoms with Crippen LogP contribution in [0.4, 0.5) is 14.9 Å². The molecule has 1 N–H and O–H groups in total. The summed E-state index contributed by atoms with van der Waals surface area (Å²) < 4.78 is 24.6. The molecule has 146 valence electrons. The Kier molecular flexibility index (Phi) is 6.50. The largest absolute Gasteiger partial charge is 0.453 e. The molecule has 0 spiro atoms. The van der Waals surface area contributed by atoms with Gasteiger partial charge in [-0.2, -0.15) is 0 Å². The first-order chi connectivity index (χ1) is 13.2.